The third-order valence-electron chi connectivity index (χ3n) is 4.41. The number of aryl methyl sites for hydroxylation is 1. The number of hydrogen-bond donors (Lipinski definition) is 1. The summed E-state index contributed by atoms with van der Waals surface area (Å²) in [4.78, 5) is 17.0. The number of anilines is 1. The van der Waals surface area contributed by atoms with Crippen LogP contribution in [-0.4, -0.2) is 36.8 Å². The lowest BCUT2D eigenvalue weighted by Crippen LogP contribution is -2.48. The van der Waals surface area contributed by atoms with Crippen LogP contribution in [0.1, 0.15) is 18.4 Å². The molecule has 0 aliphatic heterocycles. The summed E-state index contributed by atoms with van der Waals surface area (Å²) in [7, 11) is -3.75. The number of amides is 1. The highest BCUT2D eigenvalue weighted by Gasteiger charge is 2.30. The molecule has 30 heavy (non-hydrogen) atoms. The van der Waals surface area contributed by atoms with Crippen molar-refractivity contribution in [1.82, 2.24) is 15.5 Å². The van der Waals surface area contributed by atoms with Gasteiger partial charge in [0.25, 0.3) is 0 Å². The van der Waals surface area contributed by atoms with Gasteiger partial charge in [0.15, 0.2) is 0 Å². The lowest BCUT2D eigenvalue weighted by molar-refractivity contribution is -0.122. The van der Waals surface area contributed by atoms with Crippen molar-refractivity contribution >= 4 is 33.2 Å². The molecule has 8 nitrogen and oxygen atoms in total. The minimum absolute atomic E-state index is 0.0326. The maximum absolute atomic E-state index is 12.7. The Morgan fingerprint density at radius 1 is 1.23 bits per heavy atom. The maximum Gasteiger partial charge on any atom is 0.246 e. The predicted octanol–water partition coefficient (Wildman–Crippen LogP) is 3.17. The van der Waals surface area contributed by atoms with Crippen LogP contribution >= 0.6 is 11.6 Å². The molecule has 0 saturated heterocycles. The van der Waals surface area contributed by atoms with Gasteiger partial charge in [-0.2, -0.15) is 4.98 Å². The SMILES string of the molecule is Cc1ccc(Cl)cc1N([C@H](C)C(=O)NCc1nc(-c2ccccc2)no1)S(C)(=O)=O. The number of hydrogen-bond acceptors (Lipinski definition) is 6. The van der Waals surface area contributed by atoms with E-state index in [9.17, 15) is 13.2 Å². The van der Waals surface area contributed by atoms with Gasteiger partial charge in [0, 0.05) is 10.6 Å². The van der Waals surface area contributed by atoms with Crippen LogP contribution in [-0.2, 0) is 21.4 Å². The quantitative estimate of drug-likeness (QED) is 0.595. The molecule has 3 aromatic rings. The van der Waals surface area contributed by atoms with Gasteiger partial charge in [0.1, 0.15) is 6.04 Å². The fraction of sp³-hybridized carbons (Fsp3) is 0.250. The Balaban J connectivity index is 1.75. The highest BCUT2D eigenvalue weighted by Crippen LogP contribution is 2.28. The minimum atomic E-state index is -3.75. The summed E-state index contributed by atoms with van der Waals surface area (Å²) in [6.45, 7) is 3.22. The number of halogens is 1. The topological polar surface area (TPSA) is 105 Å². The first-order valence-corrected chi connectivity index (χ1v) is 11.3. The van der Waals surface area contributed by atoms with Crippen LogP contribution in [0.25, 0.3) is 11.4 Å². The summed E-state index contributed by atoms with van der Waals surface area (Å²) >= 11 is 6.04. The normalized spacial score (nSPS) is 12.4. The van der Waals surface area contributed by atoms with Crippen LogP contribution in [0.2, 0.25) is 5.02 Å². The first kappa shape index (κ1) is 21.8. The molecular weight excluding hydrogens is 428 g/mol. The second-order valence-electron chi connectivity index (χ2n) is 6.76. The lowest BCUT2D eigenvalue weighted by Gasteiger charge is -2.29. The summed E-state index contributed by atoms with van der Waals surface area (Å²) in [5.41, 5.74) is 1.80. The van der Waals surface area contributed by atoms with Crippen molar-refractivity contribution in [2.24, 2.45) is 0 Å². The van der Waals surface area contributed by atoms with E-state index in [1.165, 1.54) is 13.0 Å². The smallest absolute Gasteiger partial charge is 0.246 e. The Morgan fingerprint density at radius 2 is 1.93 bits per heavy atom. The zero-order valence-corrected chi connectivity index (χ0v) is 18.2. The molecule has 0 bridgehead atoms. The van der Waals surface area contributed by atoms with Crippen LogP contribution in [0.5, 0.6) is 0 Å². The average molecular weight is 449 g/mol. The molecule has 0 fully saturated rings. The summed E-state index contributed by atoms with van der Waals surface area (Å²) in [5.74, 6) is 0.0960. The largest absolute Gasteiger partial charge is 0.345 e. The van der Waals surface area contributed by atoms with E-state index in [4.69, 9.17) is 16.1 Å². The Kier molecular flexibility index (Phi) is 6.42. The molecule has 2 aromatic carbocycles. The lowest BCUT2D eigenvalue weighted by atomic mass is 10.2. The Morgan fingerprint density at radius 3 is 2.60 bits per heavy atom. The Hall–Kier alpha value is -2.91. The second kappa shape index (κ2) is 8.85. The van der Waals surface area contributed by atoms with Crippen molar-refractivity contribution in [1.29, 1.82) is 0 Å². The molecule has 0 spiro atoms. The van der Waals surface area contributed by atoms with Crippen LogP contribution in [0.4, 0.5) is 5.69 Å². The van der Waals surface area contributed by atoms with Crippen molar-refractivity contribution in [3.8, 4) is 11.4 Å². The zero-order chi connectivity index (χ0) is 21.9. The second-order valence-corrected chi connectivity index (χ2v) is 9.06. The predicted molar refractivity (Wildman–Crippen MR) is 115 cm³/mol. The average Bonchev–Trinajstić information content (AvgIpc) is 3.17. The summed E-state index contributed by atoms with van der Waals surface area (Å²) in [6.07, 6.45) is 1.04. The van der Waals surface area contributed by atoms with Crippen molar-refractivity contribution in [3.63, 3.8) is 0 Å². The van der Waals surface area contributed by atoms with Gasteiger partial charge in [-0.15, -0.1) is 0 Å². The van der Waals surface area contributed by atoms with Gasteiger partial charge in [-0.1, -0.05) is 53.2 Å². The fourth-order valence-electron chi connectivity index (χ4n) is 2.94. The number of sulfonamides is 1. The summed E-state index contributed by atoms with van der Waals surface area (Å²) < 4.78 is 31.1. The number of rotatable bonds is 7. The maximum atomic E-state index is 12.7. The molecule has 1 amide bonds. The van der Waals surface area contributed by atoms with E-state index in [2.05, 4.69) is 15.5 Å². The number of carbonyl (C=O) groups excluding carboxylic acids is 1. The third-order valence-corrected chi connectivity index (χ3v) is 5.87. The molecule has 1 N–H and O–H groups in total. The van der Waals surface area contributed by atoms with E-state index in [0.717, 1.165) is 16.1 Å². The molecule has 0 aliphatic rings. The number of carbonyl (C=O) groups is 1. The Bertz CT molecular complexity index is 1150. The summed E-state index contributed by atoms with van der Waals surface area (Å²) in [6, 6.07) is 13.1. The van der Waals surface area contributed by atoms with E-state index in [1.54, 1.807) is 19.1 Å². The van der Waals surface area contributed by atoms with Gasteiger partial charge >= 0.3 is 0 Å². The van der Waals surface area contributed by atoms with Gasteiger partial charge in [-0.05, 0) is 31.5 Å². The van der Waals surface area contributed by atoms with Crippen molar-refractivity contribution in [3.05, 3.63) is 65.0 Å². The van der Waals surface area contributed by atoms with Crippen molar-refractivity contribution in [2.45, 2.75) is 26.4 Å². The van der Waals surface area contributed by atoms with E-state index in [1.807, 2.05) is 30.3 Å². The van der Waals surface area contributed by atoms with E-state index in [0.29, 0.717) is 22.1 Å². The first-order valence-electron chi connectivity index (χ1n) is 9.08. The van der Waals surface area contributed by atoms with Crippen LogP contribution < -0.4 is 9.62 Å². The molecule has 0 unspecified atom stereocenters. The van der Waals surface area contributed by atoms with Crippen LogP contribution in [0.3, 0.4) is 0 Å². The standard InChI is InChI=1S/C20H21ClN4O4S/c1-13-9-10-16(21)11-17(13)25(30(3,27)28)14(2)20(26)22-12-18-23-19(24-29-18)15-7-5-4-6-8-15/h4-11,14H,12H2,1-3H3,(H,22,26)/t14-/m1/s1. The molecular formula is C20H21ClN4O4S. The van der Waals surface area contributed by atoms with Crippen LogP contribution in [0, 0.1) is 6.92 Å². The molecule has 0 radical (unpaired) electrons. The molecule has 1 heterocycles. The number of nitrogens with one attached hydrogen (secondary N) is 1. The highest BCUT2D eigenvalue weighted by atomic mass is 35.5. The van der Waals surface area contributed by atoms with Gasteiger partial charge in [-0.25, -0.2) is 8.42 Å². The van der Waals surface area contributed by atoms with E-state index < -0.39 is 22.0 Å². The highest BCUT2D eigenvalue weighted by molar-refractivity contribution is 7.92. The Labute approximate surface area is 179 Å². The molecule has 0 saturated carbocycles. The monoisotopic (exact) mass is 448 g/mol. The molecule has 3 rings (SSSR count). The molecule has 0 aliphatic carbocycles. The molecule has 1 aromatic heterocycles. The number of benzene rings is 2. The number of aromatic nitrogens is 2. The first-order chi connectivity index (χ1) is 14.2. The molecule has 10 heteroatoms. The third kappa shape index (κ3) is 4.98. The van der Waals surface area contributed by atoms with Crippen molar-refractivity contribution < 1.29 is 17.7 Å². The van der Waals surface area contributed by atoms with Crippen molar-refractivity contribution in [2.75, 3.05) is 10.6 Å². The molecule has 1 atom stereocenters. The molecule has 158 valence electrons. The summed E-state index contributed by atoms with van der Waals surface area (Å²) in [5, 5.41) is 6.91. The fourth-order valence-corrected chi connectivity index (χ4v) is 4.33. The van der Waals surface area contributed by atoms with Crippen LogP contribution in [0.15, 0.2) is 53.1 Å². The van der Waals surface area contributed by atoms with Gasteiger partial charge in [0.05, 0.1) is 18.5 Å². The van der Waals surface area contributed by atoms with Gasteiger partial charge in [0.2, 0.25) is 27.6 Å². The van der Waals surface area contributed by atoms with E-state index >= 15 is 0 Å². The van der Waals surface area contributed by atoms with E-state index in [-0.39, 0.29) is 12.4 Å². The zero-order valence-electron chi connectivity index (χ0n) is 16.7. The van der Waals surface area contributed by atoms with Gasteiger partial charge < -0.3 is 9.84 Å². The van der Waals surface area contributed by atoms with Gasteiger partial charge in [-0.3, -0.25) is 9.10 Å². The minimum Gasteiger partial charge on any atom is -0.345 e. The number of nitrogens with zero attached hydrogens (tertiary/aromatic N) is 3.